The van der Waals surface area contributed by atoms with Crippen molar-refractivity contribution in [2.75, 3.05) is 0 Å². The molecular formula is C15H13F2N. The molecule has 0 aliphatic carbocycles. The molecule has 0 spiro atoms. The van der Waals surface area contributed by atoms with Gasteiger partial charge in [-0.25, -0.2) is 8.78 Å². The van der Waals surface area contributed by atoms with Crippen molar-refractivity contribution in [1.29, 1.82) is 0 Å². The number of hydrogen-bond donors (Lipinski definition) is 0. The number of rotatable bonds is 4. The highest BCUT2D eigenvalue weighted by Crippen LogP contribution is 2.11. The highest BCUT2D eigenvalue weighted by molar-refractivity contribution is 5.41. The first kappa shape index (κ1) is 12.4. The van der Waals surface area contributed by atoms with Gasteiger partial charge < -0.3 is 0 Å². The molecule has 1 heterocycles. The monoisotopic (exact) mass is 245 g/mol. The minimum absolute atomic E-state index is 0.544. The average Bonchev–Trinajstić information content (AvgIpc) is 2.35. The molecule has 2 aromatic rings. The van der Waals surface area contributed by atoms with E-state index in [0.717, 1.165) is 17.5 Å². The maximum atomic E-state index is 13.0. The predicted octanol–water partition coefficient (Wildman–Crippen LogP) is 3.79. The maximum Gasteiger partial charge on any atom is 0.126 e. The number of halogens is 2. The summed E-state index contributed by atoms with van der Waals surface area (Å²) < 4.78 is 26.0. The molecule has 0 fully saturated rings. The SMILES string of the molecule is C=Cc1cccc(CCc2cc(F)cc(F)c2)n1. The first-order valence-corrected chi connectivity index (χ1v) is 5.71. The van der Waals surface area contributed by atoms with Crippen LogP contribution in [0, 0.1) is 11.6 Å². The van der Waals surface area contributed by atoms with Crippen LogP contribution in [0.3, 0.4) is 0 Å². The number of hydrogen-bond acceptors (Lipinski definition) is 1. The minimum atomic E-state index is -0.544. The molecule has 0 aliphatic rings. The van der Waals surface area contributed by atoms with E-state index >= 15 is 0 Å². The average molecular weight is 245 g/mol. The second-order valence-electron chi connectivity index (χ2n) is 4.04. The van der Waals surface area contributed by atoms with E-state index in [4.69, 9.17) is 0 Å². The van der Waals surface area contributed by atoms with Crippen molar-refractivity contribution in [2.24, 2.45) is 0 Å². The van der Waals surface area contributed by atoms with Crippen LogP contribution in [0.15, 0.2) is 43.0 Å². The van der Waals surface area contributed by atoms with Gasteiger partial charge in [-0.05, 0) is 48.7 Å². The lowest BCUT2D eigenvalue weighted by molar-refractivity contribution is 0.579. The summed E-state index contributed by atoms with van der Waals surface area (Å²) in [4.78, 5) is 4.35. The summed E-state index contributed by atoms with van der Waals surface area (Å²) in [6.07, 6.45) is 2.87. The van der Waals surface area contributed by atoms with Gasteiger partial charge in [0.1, 0.15) is 11.6 Å². The summed E-state index contributed by atoms with van der Waals surface area (Å²) in [7, 11) is 0. The van der Waals surface area contributed by atoms with Gasteiger partial charge >= 0.3 is 0 Å². The highest BCUT2D eigenvalue weighted by atomic mass is 19.1. The highest BCUT2D eigenvalue weighted by Gasteiger charge is 2.02. The van der Waals surface area contributed by atoms with Crippen LogP contribution in [-0.2, 0) is 12.8 Å². The molecule has 1 aromatic carbocycles. The van der Waals surface area contributed by atoms with Crippen molar-refractivity contribution >= 4 is 6.08 Å². The molecule has 0 radical (unpaired) electrons. The fourth-order valence-corrected chi connectivity index (χ4v) is 1.78. The van der Waals surface area contributed by atoms with E-state index < -0.39 is 11.6 Å². The Balaban J connectivity index is 2.08. The van der Waals surface area contributed by atoms with Gasteiger partial charge in [-0.15, -0.1) is 0 Å². The first-order valence-electron chi connectivity index (χ1n) is 5.71. The number of nitrogens with zero attached hydrogens (tertiary/aromatic N) is 1. The maximum absolute atomic E-state index is 13.0. The normalized spacial score (nSPS) is 10.3. The van der Waals surface area contributed by atoms with Crippen LogP contribution in [0.5, 0.6) is 0 Å². The standard InChI is InChI=1S/C15H13F2N/c1-2-14-4-3-5-15(18-14)7-6-11-8-12(16)10-13(17)9-11/h2-5,8-10H,1,6-7H2. The lowest BCUT2D eigenvalue weighted by atomic mass is 10.1. The Labute approximate surface area is 105 Å². The van der Waals surface area contributed by atoms with Crippen LogP contribution >= 0.6 is 0 Å². The van der Waals surface area contributed by atoms with Crippen LogP contribution in [0.4, 0.5) is 8.78 Å². The fraction of sp³-hybridized carbons (Fsp3) is 0.133. The van der Waals surface area contributed by atoms with Gasteiger partial charge in [0.25, 0.3) is 0 Å². The molecule has 0 unspecified atom stereocenters. The molecule has 0 saturated carbocycles. The third kappa shape index (κ3) is 3.23. The lowest BCUT2D eigenvalue weighted by Gasteiger charge is -2.03. The number of aromatic nitrogens is 1. The second-order valence-corrected chi connectivity index (χ2v) is 4.04. The Morgan fingerprint density at radius 1 is 1.06 bits per heavy atom. The van der Waals surface area contributed by atoms with Gasteiger partial charge in [0, 0.05) is 11.8 Å². The molecule has 0 bridgehead atoms. The second kappa shape index (κ2) is 5.54. The van der Waals surface area contributed by atoms with Crippen molar-refractivity contribution in [3.8, 4) is 0 Å². The van der Waals surface area contributed by atoms with Gasteiger partial charge in [0.05, 0.1) is 5.69 Å². The van der Waals surface area contributed by atoms with E-state index in [9.17, 15) is 8.78 Å². The molecule has 1 aromatic heterocycles. The van der Waals surface area contributed by atoms with E-state index in [-0.39, 0.29) is 0 Å². The zero-order valence-corrected chi connectivity index (χ0v) is 9.87. The Hall–Kier alpha value is -2.03. The van der Waals surface area contributed by atoms with Gasteiger partial charge in [0.2, 0.25) is 0 Å². The molecule has 0 saturated heterocycles. The predicted molar refractivity (Wildman–Crippen MR) is 68.1 cm³/mol. The van der Waals surface area contributed by atoms with Crippen LogP contribution in [0.2, 0.25) is 0 Å². The van der Waals surface area contributed by atoms with Crippen LogP contribution < -0.4 is 0 Å². The third-order valence-corrected chi connectivity index (χ3v) is 2.63. The van der Waals surface area contributed by atoms with E-state index in [2.05, 4.69) is 11.6 Å². The van der Waals surface area contributed by atoms with Gasteiger partial charge in [-0.3, -0.25) is 4.98 Å². The molecular weight excluding hydrogens is 232 g/mol. The smallest absolute Gasteiger partial charge is 0.126 e. The Morgan fingerprint density at radius 2 is 1.78 bits per heavy atom. The number of pyridine rings is 1. The zero-order chi connectivity index (χ0) is 13.0. The molecule has 3 heteroatoms. The molecule has 0 aliphatic heterocycles. The van der Waals surface area contributed by atoms with Crippen molar-refractivity contribution in [1.82, 2.24) is 4.98 Å². The van der Waals surface area contributed by atoms with Gasteiger partial charge in [-0.1, -0.05) is 12.6 Å². The Morgan fingerprint density at radius 3 is 2.44 bits per heavy atom. The van der Waals surface area contributed by atoms with Crippen molar-refractivity contribution < 1.29 is 8.78 Å². The van der Waals surface area contributed by atoms with Crippen LogP contribution in [0.1, 0.15) is 17.0 Å². The molecule has 92 valence electrons. The molecule has 2 rings (SSSR count). The molecule has 0 amide bonds. The molecule has 0 atom stereocenters. The number of aryl methyl sites for hydroxylation is 2. The van der Waals surface area contributed by atoms with Gasteiger partial charge in [0.15, 0.2) is 0 Å². The van der Waals surface area contributed by atoms with Crippen molar-refractivity contribution in [2.45, 2.75) is 12.8 Å². The number of benzene rings is 1. The summed E-state index contributed by atoms with van der Waals surface area (Å²) in [6.45, 7) is 3.65. The summed E-state index contributed by atoms with van der Waals surface area (Å²) in [5.74, 6) is -1.09. The summed E-state index contributed by atoms with van der Waals surface area (Å²) in [6, 6.07) is 9.22. The van der Waals surface area contributed by atoms with E-state index in [1.165, 1.54) is 12.1 Å². The fourth-order valence-electron chi connectivity index (χ4n) is 1.78. The van der Waals surface area contributed by atoms with Gasteiger partial charge in [-0.2, -0.15) is 0 Å². The Bertz CT molecular complexity index is 544. The van der Waals surface area contributed by atoms with Crippen molar-refractivity contribution in [3.05, 3.63) is 71.6 Å². The molecule has 0 N–H and O–H groups in total. The summed E-state index contributed by atoms with van der Waals surface area (Å²) >= 11 is 0. The van der Waals surface area contributed by atoms with E-state index in [1.807, 2.05) is 18.2 Å². The topological polar surface area (TPSA) is 12.9 Å². The summed E-state index contributed by atoms with van der Waals surface area (Å²) in [5, 5.41) is 0. The van der Waals surface area contributed by atoms with Crippen LogP contribution in [-0.4, -0.2) is 4.98 Å². The van der Waals surface area contributed by atoms with Crippen molar-refractivity contribution in [3.63, 3.8) is 0 Å². The summed E-state index contributed by atoms with van der Waals surface area (Å²) in [5.41, 5.74) is 2.33. The molecule has 18 heavy (non-hydrogen) atoms. The largest absolute Gasteiger partial charge is 0.253 e. The van der Waals surface area contributed by atoms with Crippen LogP contribution in [0.25, 0.3) is 6.08 Å². The van der Waals surface area contributed by atoms with E-state index in [1.54, 1.807) is 6.08 Å². The lowest BCUT2D eigenvalue weighted by Crippen LogP contribution is -1.97. The first-order chi connectivity index (χ1) is 8.67. The quantitative estimate of drug-likeness (QED) is 0.798. The minimum Gasteiger partial charge on any atom is -0.253 e. The molecule has 1 nitrogen and oxygen atoms in total. The van der Waals surface area contributed by atoms with E-state index in [0.29, 0.717) is 18.4 Å². The zero-order valence-electron chi connectivity index (χ0n) is 9.87. The third-order valence-electron chi connectivity index (χ3n) is 2.63. The Kier molecular flexibility index (Phi) is 3.82.